The lowest BCUT2D eigenvalue weighted by Crippen LogP contribution is -2.10. The van der Waals surface area contributed by atoms with E-state index in [-0.39, 0.29) is 12.4 Å². The first kappa shape index (κ1) is 10.9. The molecule has 0 aromatic carbocycles. The predicted octanol–water partition coefficient (Wildman–Crippen LogP) is -0.912. The minimum absolute atomic E-state index is 0.0428. The number of hydrogen-bond donors (Lipinski definition) is 4. The Morgan fingerprint density at radius 3 is 2.73 bits per heavy atom. The SMILES string of the molecule is NCC(=O)O.Oc1ncnc2[nH]ncc12. The molecular formula is C7H9N5O3. The normalized spacial score (nSPS) is 9.40. The number of aliphatic carboxylic acids is 1. The van der Waals surface area contributed by atoms with E-state index in [1.54, 1.807) is 0 Å². The van der Waals surface area contributed by atoms with E-state index in [4.69, 9.17) is 10.2 Å². The van der Waals surface area contributed by atoms with Crippen molar-refractivity contribution in [2.45, 2.75) is 0 Å². The molecule has 2 heterocycles. The summed E-state index contributed by atoms with van der Waals surface area (Å²) in [7, 11) is 0. The van der Waals surface area contributed by atoms with Gasteiger partial charge in [0.15, 0.2) is 5.65 Å². The number of aromatic hydroxyl groups is 1. The van der Waals surface area contributed by atoms with Crippen LogP contribution in [0.5, 0.6) is 5.88 Å². The molecule has 2 aromatic rings. The number of aromatic nitrogens is 4. The Balaban J connectivity index is 0.000000195. The monoisotopic (exact) mass is 211 g/mol. The Morgan fingerprint density at radius 1 is 1.53 bits per heavy atom. The molecule has 0 radical (unpaired) electrons. The summed E-state index contributed by atoms with van der Waals surface area (Å²) < 4.78 is 0. The number of carboxylic acid groups (broad SMARTS) is 1. The van der Waals surface area contributed by atoms with E-state index in [0.29, 0.717) is 11.0 Å². The fourth-order valence-corrected chi connectivity index (χ4v) is 0.752. The van der Waals surface area contributed by atoms with E-state index in [1.807, 2.05) is 0 Å². The zero-order chi connectivity index (χ0) is 11.3. The Bertz CT molecular complexity index is 455. The Labute approximate surface area is 83.8 Å². The first-order valence-electron chi connectivity index (χ1n) is 3.90. The summed E-state index contributed by atoms with van der Waals surface area (Å²) in [6, 6.07) is 0. The fraction of sp³-hybridized carbons (Fsp3) is 0.143. The van der Waals surface area contributed by atoms with Crippen LogP contribution in [0.1, 0.15) is 0 Å². The van der Waals surface area contributed by atoms with Crippen molar-refractivity contribution in [3.05, 3.63) is 12.5 Å². The third kappa shape index (κ3) is 2.88. The van der Waals surface area contributed by atoms with E-state index in [1.165, 1.54) is 12.5 Å². The molecule has 0 amide bonds. The first-order chi connectivity index (χ1) is 7.15. The van der Waals surface area contributed by atoms with E-state index in [9.17, 15) is 4.79 Å². The molecule has 8 heteroatoms. The number of carboxylic acids is 1. The van der Waals surface area contributed by atoms with Crippen LogP contribution in [0.25, 0.3) is 11.0 Å². The van der Waals surface area contributed by atoms with E-state index in [2.05, 4.69) is 25.9 Å². The van der Waals surface area contributed by atoms with Gasteiger partial charge in [0.1, 0.15) is 11.7 Å². The van der Waals surface area contributed by atoms with Crippen LogP contribution in [0, 0.1) is 0 Å². The number of H-pyrrole nitrogens is 1. The van der Waals surface area contributed by atoms with Gasteiger partial charge in [0.25, 0.3) is 0 Å². The van der Waals surface area contributed by atoms with E-state index >= 15 is 0 Å². The third-order valence-electron chi connectivity index (χ3n) is 1.40. The Morgan fingerprint density at radius 2 is 2.20 bits per heavy atom. The zero-order valence-corrected chi connectivity index (χ0v) is 7.58. The highest BCUT2D eigenvalue weighted by molar-refractivity contribution is 5.78. The van der Waals surface area contributed by atoms with Crippen LogP contribution in [-0.4, -0.2) is 42.9 Å². The van der Waals surface area contributed by atoms with Gasteiger partial charge in [0, 0.05) is 0 Å². The molecule has 0 aliphatic heterocycles. The van der Waals surface area contributed by atoms with Crippen molar-refractivity contribution in [1.29, 1.82) is 0 Å². The second-order valence-corrected chi connectivity index (χ2v) is 2.43. The molecule has 2 aromatic heterocycles. The minimum atomic E-state index is -0.968. The number of nitrogens with two attached hydrogens (primary N) is 1. The summed E-state index contributed by atoms with van der Waals surface area (Å²) in [4.78, 5) is 16.6. The number of nitrogens with zero attached hydrogens (tertiary/aromatic N) is 3. The quantitative estimate of drug-likeness (QED) is 0.478. The molecule has 0 bridgehead atoms. The maximum atomic E-state index is 9.24. The molecular weight excluding hydrogens is 202 g/mol. The number of fused-ring (bicyclic) bond motifs is 1. The number of nitrogens with one attached hydrogen (secondary N) is 1. The van der Waals surface area contributed by atoms with E-state index < -0.39 is 5.97 Å². The van der Waals surface area contributed by atoms with Crippen LogP contribution in [-0.2, 0) is 4.79 Å². The maximum Gasteiger partial charge on any atom is 0.317 e. The highest BCUT2D eigenvalue weighted by Crippen LogP contribution is 2.15. The molecule has 5 N–H and O–H groups in total. The van der Waals surface area contributed by atoms with E-state index in [0.717, 1.165) is 0 Å². The summed E-state index contributed by atoms with van der Waals surface area (Å²) in [6.45, 7) is -0.278. The summed E-state index contributed by atoms with van der Waals surface area (Å²) in [5.74, 6) is -1.01. The van der Waals surface area contributed by atoms with Crippen molar-refractivity contribution in [2.75, 3.05) is 6.54 Å². The standard InChI is InChI=1S/C5H4N4O.C2H5NO2/c10-5-3-1-8-9-4(3)6-2-7-5;3-1-2(4)5/h1-2H,(H2,6,7,8,9,10);1,3H2,(H,4,5). The van der Waals surface area contributed by atoms with Gasteiger partial charge in [-0.15, -0.1) is 0 Å². The molecule has 8 nitrogen and oxygen atoms in total. The highest BCUT2D eigenvalue weighted by atomic mass is 16.4. The van der Waals surface area contributed by atoms with Crippen molar-refractivity contribution in [1.82, 2.24) is 20.2 Å². The Hall–Kier alpha value is -2.22. The molecule has 0 saturated heterocycles. The molecule has 0 spiro atoms. The van der Waals surface area contributed by atoms with Gasteiger partial charge in [-0.3, -0.25) is 9.89 Å². The van der Waals surface area contributed by atoms with Crippen molar-refractivity contribution < 1.29 is 15.0 Å². The van der Waals surface area contributed by atoms with Crippen molar-refractivity contribution in [3.8, 4) is 5.88 Å². The molecule has 0 saturated carbocycles. The van der Waals surface area contributed by atoms with Crippen LogP contribution in [0.15, 0.2) is 12.5 Å². The lowest BCUT2D eigenvalue weighted by atomic mass is 10.4. The number of aromatic amines is 1. The molecule has 80 valence electrons. The van der Waals surface area contributed by atoms with Crippen LogP contribution in [0.3, 0.4) is 0 Å². The van der Waals surface area contributed by atoms with Crippen LogP contribution >= 0.6 is 0 Å². The van der Waals surface area contributed by atoms with Gasteiger partial charge in [-0.2, -0.15) is 5.10 Å². The van der Waals surface area contributed by atoms with Crippen LogP contribution in [0.4, 0.5) is 0 Å². The second kappa shape index (κ2) is 4.86. The third-order valence-corrected chi connectivity index (χ3v) is 1.40. The lowest BCUT2D eigenvalue weighted by molar-refractivity contribution is -0.135. The predicted molar refractivity (Wildman–Crippen MR) is 50.0 cm³/mol. The van der Waals surface area contributed by atoms with Gasteiger partial charge in [0.2, 0.25) is 5.88 Å². The smallest absolute Gasteiger partial charge is 0.317 e. The number of hydrogen-bond acceptors (Lipinski definition) is 6. The van der Waals surface area contributed by atoms with Gasteiger partial charge < -0.3 is 15.9 Å². The molecule has 0 fully saturated rings. The van der Waals surface area contributed by atoms with Gasteiger partial charge in [-0.25, -0.2) is 9.97 Å². The summed E-state index contributed by atoms with van der Waals surface area (Å²) >= 11 is 0. The Kier molecular flexibility index (Phi) is 3.52. The first-order valence-corrected chi connectivity index (χ1v) is 3.90. The van der Waals surface area contributed by atoms with Crippen LogP contribution < -0.4 is 5.73 Å². The van der Waals surface area contributed by atoms with Crippen molar-refractivity contribution in [2.24, 2.45) is 5.73 Å². The summed E-state index contributed by atoms with van der Waals surface area (Å²) in [5.41, 5.74) is 5.12. The molecule has 15 heavy (non-hydrogen) atoms. The summed E-state index contributed by atoms with van der Waals surface area (Å²) in [6.07, 6.45) is 2.75. The molecule has 0 unspecified atom stereocenters. The minimum Gasteiger partial charge on any atom is -0.493 e. The molecule has 0 aliphatic carbocycles. The maximum absolute atomic E-state index is 9.24. The molecule has 2 rings (SSSR count). The molecule has 0 atom stereocenters. The van der Waals surface area contributed by atoms with Gasteiger partial charge in [0.05, 0.1) is 12.7 Å². The van der Waals surface area contributed by atoms with Gasteiger partial charge >= 0.3 is 5.97 Å². The highest BCUT2D eigenvalue weighted by Gasteiger charge is 2.00. The lowest BCUT2D eigenvalue weighted by Gasteiger charge is -1.87. The topological polar surface area (TPSA) is 138 Å². The second-order valence-electron chi connectivity index (χ2n) is 2.43. The number of carbonyl (C=O) groups is 1. The largest absolute Gasteiger partial charge is 0.493 e. The van der Waals surface area contributed by atoms with Crippen molar-refractivity contribution in [3.63, 3.8) is 0 Å². The average molecular weight is 211 g/mol. The average Bonchev–Trinajstić information content (AvgIpc) is 2.68. The molecule has 0 aliphatic rings. The summed E-state index contributed by atoms with van der Waals surface area (Å²) in [5, 5.41) is 23.5. The number of rotatable bonds is 1. The van der Waals surface area contributed by atoms with Crippen LogP contribution in [0.2, 0.25) is 0 Å². The zero-order valence-electron chi connectivity index (χ0n) is 7.58. The van der Waals surface area contributed by atoms with Crippen molar-refractivity contribution >= 4 is 17.0 Å². The fourth-order valence-electron chi connectivity index (χ4n) is 0.752. The van der Waals surface area contributed by atoms with Gasteiger partial charge in [-0.05, 0) is 0 Å². The van der Waals surface area contributed by atoms with Gasteiger partial charge in [-0.1, -0.05) is 0 Å².